The van der Waals surface area contributed by atoms with Gasteiger partial charge in [0.2, 0.25) is 0 Å². The van der Waals surface area contributed by atoms with Gasteiger partial charge in [0, 0.05) is 14.1 Å². The largest absolute Gasteiger partial charge is 0.492 e. The molecule has 25 heavy (non-hydrogen) atoms. The third-order valence-corrected chi connectivity index (χ3v) is 3.10. The molecule has 1 N–H and O–H groups in total. The van der Waals surface area contributed by atoms with Crippen LogP contribution < -0.4 is 10.1 Å². The van der Waals surface area contributed by atoms with E-state index >= 15 is 0 Å². The van der Waals surface area contributed by atoms with E-state index in [1.807, 2.05) is 63.9 Å². The third kappa shape index (κ3) is 10.2. The molecule has 0 fully saturated rings. The normalized spacial score (nSPS) is 11.4. The zero-order chi connectivity index (χ0) is 18.2. The first-order chi connectivity index (χ1) is 11.2. The molecule has 0 radical (unpaired) electrons. The van der Waals surface area contributed by atoms with Gasteiger partial charge in [-0.1, -0.05) is 17.7 Å². The molecule has 1 aromatic rings. The number of hydrogen-bond donors (Lipinski definition) is 1. The molecule has 0 amide bonds. The molecule has 0 atom stereocenters. The number of benzene rings is 1. The molecule has 6 nitrogen and oxygen atoms in total. The monoisotopic (exact) mass is 463 g/mol. The van der Waals surface area contributed by atoms with Crippen molar-refractivity contribution in [3.05, 3.63) is 29.8 Å². The van der Waals surface area contributed by atoms with E-state index in [1.54, 1.807) is 7.05 Å². The van der Waals surface area contributed by atoms with Crippen molar-refractivity contribution in [2.45, 2.75) is 33.3 Å². The third-order valence-electron chi connectivity index (χ3n) is 3.10. The number of esters is 1. The van der Waals surface area contributed by atoms with Crippen molar-refractivity contribution in [2.24, 2.45) is 4.99 Å². The second-order valence-electron chi connectivity index (χ2n) is 6.57. The quantitative estimate of drug-likeness (QED) is 0.304. The Kier molecular flexibility index (Phi) is 10.5. The summed E-state index contributed by atoms with van der Waals surface area (Å²) < 4.78 is 11.0. The summed E-state index contributed by atoms with van der Waals surface area (Å²) in [6.07, 6.45) is 0. The number of likely N-dealkylation sites (N-methyl/N-ethyl adjacent to an activating group) is 1. The molecule has 0 heterocycles. The number of nitrogens with one attached hydrogen (secondary N) is 1. The SMILES string of the molecule is CN=C(NCC(=O)OC(C)(C)C)N(C)CCOc1ccc(C)cc1.I. The van der Waals surface area contributed by atoms with Gasteiger partial charge in [-0.25, -0.2) is 0 Å². The molecule has 0 spiro atoms. The van der Waals surface area contributed by atoms with E-state index in [9.17, 15) is 4.79 Å². The van der Waals surface area contributed by atoms with Gasteiger partial charge in [-0.3, -0.25) is 9.79 Å². The predicted octanol–water partition coefficient (Wildman–Crippen LogP) is 2.84. The minimum atomic E-state index is -0.490. The summed E-state index contributed by atoms with van der Waals surface area (Å²) in [6, 6.07) is 7.93. The molecular weight excluding hydrogens is 433 g/mol. The fraction of sp³-hybridized carbons (Fsp3) is 0.556. The maximum atomic E-state index is 11.7. The van der Waals surface area contributed by atoms with Crippen LogP contribution in [0.15, 0.2) is 29.3 Å². The van der Waals surface area contributed by atoms with Gasteiger partial charge in [-0.05, 0) is 39.8 Å². The minimum absolute atomic E-state index is 0. The zero-order valence-electron chi connectivity index (χ0n) is 16.0. The lowest BCUT2D eigenvalue weighted by atomic mass is 10.2. The highest BCUT2D eigenvalue weighted by molar-refractivity contribution is 14.0. The number of hydrogen-bond acceptors (Lipinski definition) is 4. The predicted molar refractivity (Wildman–Crippen MR) is 112 cm³/mol. The smallest absolute Gasteiger partial charge is 0.325 e. The van der Waals surface area contributed by atoms with Gasteiger partial charge in [0.1, 0.15) is 24.5 Å². The van der Waals surface area contributed by atoms with Gasteiger partial charge >= 0.3 is 5.97 Å². The summed E-state index contributed by atoms with van der Waals surface area (Å²) in [6.45, 7) is 8.80. The first kappa shape index (κ1) is 23.5. The molecule has 0 saturated carbocycles. The van der Waals surface area contributed by atoms with Crippen molar-refractivity contribution in [1.82, 2.24) is 10.2 Å². The summed E-state index contributed by atoms with van der Waals surface area (Å²) in [5.41, 5.74) is 0.710. The number of rotatable bonds is 6. The summed E-state index contributed by atoms with van der Waals surface area (Å²) in [5, 5.41) is 2.99. The Morgan fingerprint density at radius 1 is 1.24 bits per heavy atom. The Morgan fingerprint density at radius 3 is 2.36 bits per heavy atom. The summed E-state index contributed by atoms with van der Waals surface area (Å²) in [5.74, 6) is 1.15. The highest BCUT2D eigenvalue weighted by Gasteiger charge is 2.17. The average Bonchev–Trinajstić information content (AvgIpc) is 2.48. The van der Waals surface area contributed by atoms with Crippen LogP contribution in [0.1, 0.15) is 26.3 Å². The molecule has 142 valence electrons. The molecule has 0 aliphatic rings. The van der Waals surface area contributed by atoms with E-state index in [4.69, 9.17) is 9.47 Å². The lowest BCUT2D eigenvalue weighted by Crippen LogP contribution is -2.44. The van der Waals surface area contributed by atoms with E-state index in [-0.39, 0.29) is 36.5 Å². The van der Waals surface area contributed by atoms with Gasteiger partial charge in [-0.2, -0.15) is 0 Å². The van der Waals surface area contributed by atoms with Crippen molar-refractivity contribution in [3.8, 4) is 5.75 Å². The molecule has 1 aromatic carbocycles. The number of carbonyl (C=O) groups is 1. The van der Waals surface area contributed by atoms with Gasteiger partial charge in [-0.15, -0.1) is 24.0 Å². The second-order valence-corrected chi connectivity index (χ2v) is 6.57. The lowest BCUT2D eigenvalue weighted by Gasteiger charge is -2.23. The van der Waals surface area contributed by atoms with Crippen molar-refractivity contribution >= 4 is 35.9 Å². The average molecular weight is 463 g/mol. The molecule has 7 heteroatoms. The highest BCUT2D eigenvalue weighted by Crippen LogP contribution is 2.11. The van der Waals surface area contributed by atoms with Gasteiger partial charge in [0.15, 0.2) is 5.96 Å². The first-order valence-corrected chi connectivity index (χ1v) is 8.04. The molecule has 0 unspecified atom stereocenters. The summed E-state index contributed by atoms with van der Waals surface area (Å²) in [7, 11) is 3.57. The van der Waals surface area contributed by atoms with Crippen LogP contribution in [0.25, 0.3) is 0 Å². The fourth-order valence-corrected chi connectivity index (χ4v) is 1.95. The molecule has 0 aliphatic heterocycles. The maximum Gasteiger partial charge on any atom is 0.325 e. The Labute approximate surface area is 168 Å². The molecule has 0 aromatic heterocycles. The van der Waals surface area contributed by atoms with Crippen LogP contribution in [0.2, 0.25) is 0 Å². The maximum absolute atomic E-state index is 11.7. The molecule has 0 bridgehead atoms. The van der Waals surface area contributed by atoms with Crippen LogP contribution in [0, 0.1) is 6.92 Å². The van der Waals surface area contributed by atoms with Crippen LogP contribution in [0.3, 0.4) is 0 Å². The Morgan fingerprint density at radius 2 is 1.84 bits per heavy atom. The summed E-state index contributed by atoms with van der Waals surface area (Å²) in [4.78, 5) is 17.8. The second kappa shape index (κ2) is 11.2. The molecular formula is C18H30IN3O3. The van der Waals surface area contributed by atoms with Crippen molar-refractivity contribution in [3.63, 3.8) is 0 Å². The number of ether oxygens (including phenoxy) is 2. The number of halogens is 1. The number of aryl methyl sites for hydroxylation is 1. The van der Waals surface area contributed by atoms with E-state index in [0.717, 1.165) is 5.75 Å². The summed E-state index contributed by atoms with van der Waals surface area (Å²) >= 11 is 0. The number of aliphatic imine (C=N–C) groups is 1. The fourth-order valence-electron chi connectivity index (χ4n) is 1.95. The van der Waals surface area contributed by atoms with Crippen LogP contribution in [0.5, 0.6) is 5.75 Å². The van der Waals surface area contributed by atoms with Crippen molar-refractivity contribution in [1.29, 1.82) is 0 Å². The van der Waals surface area contributed by atoms with E-state index in [2.05, 4.69) is 10.3 Å². The van der Waals surface area contributed by atoms with Gasteiger partial charge in [0.25, 0.3) is 0 Å². The topological polar surface area (TPSA) is 63.2 Å². The highest BCUT2D eigenvalue weighted by atomic mass is 127. The van der Waals surface area contributed by atoms with Crippen LogP contribution in [-0.4, -0.2) is 56.2 Å². The van der Waals surface area contributed by atoms with Crippen molar-refractivity contribution < 1.29 is 14.3 Å². The molecule has 1 rings (SSSR count). The zero-order valence-corrected chi connectivity index (χ0v) is 18.3. The Bertz CT molecular complexity index is 554. The van der Waals surface area contributed by atoms with E-state index < -0.39 is 5.60 Å². The number of carbonyl (C=O) groups excluding carboxylic acids is 1. The Hall–Kier alpha value is -1.51. The van der Waals surface area contributed by atoms with E-state index in [1.165, 1.54) is 5.56 Å². The van der Waals surface area contributed by atoms with Crippen molar-refractivity contribution in [2.75, 3.05) is 33.8 Å². The van der Waals surface area contributed by atoms with Gasteiger partial charge < -0.3 is 19.7 Å². The Balaban J connectivity index is 0.00000576. The van der Waals surface area contributed by atoms with Gasteiger partial charge in [0.05, 0.1) is 6.54 Å². The van der Waals surface area contributed by atoms with Crippen LogP contribution in [-0.2, 0) is 9.53 Å². The lowest BCUT2D eigenvalue weighted by molar-refractivity contribution is -0.153. The van der Waals surface area contributed by atoms with Crippen LogP contribution in [0.4, 0.5) is 0 Å². The first-order valence-electron chi connectivity index (χ1n) is 8.04. The standard InChI is InChI=1S/C18H29N3O3.HI/c1-14-7-9-15(10-8-14)23-12-11-21(6)17(19-5)20-13-16(22)24-18(2,3)4;/h7-10H,11-13H2,1-6H3,(H,19,20);1H. The molecule has 0 saturated heterocycles. The van der Waals surface area contributed by atoms with E-state index in [0.29, 0.717) is 19.1 Å². The molecule has 0 aliphatic carbocycles. The number of nitrogens with zero attached hydrogens (tertiary/aromatic N) is 2. The minimum Gasteiger partial charge on any atom is -0.492 e. The number of guanidine groups is 1. The van der Waals surface area contributed by atoms with Crippen LogP contribution >= 0.6 is 24.0 Å².